The summed E-state index contributed by atoms with van der Waals surface area (Å²) in [6.45, 7) is 5.65. The molecular weight excluding hydrogens is 354 g/mol. The number of ether oxygens (including phenoxy) is 1. The van der Waals surface area contributed by atoms with Crippen LogP contribution in [0, 0.1) is 13.8 Å². The van der Waals surface area contributed by atoms with E-state index in [0.29, 0.717) is 17.9 Å². The van der Waals surface area contributed by atoms with Crippen molar-refractivity contribution in [2.75, 3.05) is 5.32 Å². The number of amides is 1. The molecule has 3 rings (SSSR count). The maximum Gasteiger partial charge on any atom is 0.295 e. The van der Waals surface area contributed by atoms with Crippen LogP contribution < -0.4 is 15.6 Å². The molecule has 1 amide bonds. The molecule has 2 aromatic carbocycles. The number of carbonyl (C=O) groups excluding carboxylic acids is 1. The molecule has 1 atom stereocenters. The van der Waals surface area contributed by atoms with Gasteiger partial charge in [-0.1, -0.05) is 37.3 Å². The van der Waals surface area contributed by atoms with Gasteiger partial charge in [-0.3, -0.25) is 14.3 Å². The van der Waals surface area contributed by atoms with Crippen LogP contribution >= 0.6 is 0 Å². The normalized spacial score (nSPS) is 11.9. The number of aromatic nitrogens is 2. The summed E-state index contributed by atoms with van der Waals surface area (Å²) in [7, 11) is 1.79. The van der Waals surface area contributed by atoms with Crippen molar-refractivity contribution in [2.24, 2.45) is 7.05 Å². The molecule has 0 fully saturated rings. The van der Waals surface area contributed by atoms with Crippen LogP contribution in [0.2, 0.25) is 0 Å². The maximum absolute atomic E-state index is 12.9. The van der Waals surface area contributed by atoms with Crippen molar-refractivity contribution in [3.05, 3.63) is 76.2 Å². The predicted molar refractivity (Wildman–Crippen MR) is 110 cm³/mol. The highest BCUT2D eigenvalue weighted by atomic mass is 16.5. The fourth-order valence-corrected chi connectivity index (χ4v) is 3.09. The van der Waals surface area contributed by atoms with Crippen LogP contribution in [0.3, 0.4) is 0 Å². The van der Waals surface area contributed by atoms with E-state index < -0.39 is 6.10 Å². The molecule has 1 heterocycles. The summed E-state index contributed by atoms with van der Waals surface area (Å²) in [6.07, 6.45) is -0.204. The highest BCUT2D eigenvalue weighted by Crippen LogP contribution is 2.18. The predicted octanol–water partition coefficient (Wildman–Crippen LogP) is 3.59. The lowest BCUT2D eigenvalue weighted by Gasteiger charge is -2.17. The zero-order valence-corrected chi connectivity index (χ0v) is 16.6. The van der Waals surface area contributed by atoms with Crippen molar-refractivity contribution in [3.8, 4) is 11.4 Å². The van der Waals surface area contributed by atoms with Gasteiger partial charge in [-0.15, -0.1) is 0 Å². The van der Waals surface area contributed by atoms with Crippen molar-refractivity contribution >= 4 is 11.6 Å². The highest BCUT2D eigenvalue weighted by Gasteiger charge is 2.23. The zero-order chi connectivity index (χ0) is 20.3. The Labute approximate surface area is 164 Å². The molecule has 3 aromatic rings. The molecular formula is C22H25N3O3. The van der Waals surface area contributed by atoms with Gasteiger partial charge < -0.3 is 10.1 Å². The van der Waals surface area contributed by atoms with Crippen molar-refractivity contribution in [3.63, 3.8) is 0 Å². The van der Waals surface area contributed by atoms with Crippen LogP contribution in [0.5, 0.6) is 5.75 Å². The summed E-state index contributed by atoms with van der Waals surface area (Å²) in [6, 6.07) is 16.9. The number of anilines is 1. The second-order valence-electron chi connectivity index (χ2n) is 6.76. The SMILES string of the molecule is CC[C@@H](Oc1cccc(C)c1)C(=O)Nc1c(C)n(C)n(-c2ccccc2)c1=O. The van der Waals surface area contributed by atoms with Crippen molar-refractivity contribution < 1.29 is 9.53 Å². The van der Waals surface area contributed by atoms with Crippen LogP contribution in [-0.4, -0.2) is 21.4 Å². The molecule has 0 saturated carbocycles. The van der Waals surface area contributed by atoms with E-state index in [9.17, 15) is 9.59 Å². The number of para-hydroxylation sites is 1. The van der Waals surface area contributed by atoms with E-state index >= 15 is 0 Å². The summed E-state index contributed by atoms with van der Waals surface area (Å²) in [5, 5.41) is 2.78. The van der Waals surface area contributed by atoms with Gasteiger partial charge in [-0.25, -0.2) is 4.68 Å². The summed E-state index contributed by atoms with van der Waals surface area (Å²) in [5.74, 6) is 0.295. The second-order valence-corrected chi connectivity index (χ2v) is 6.76. The standard InChI is InChI=1S/C22H25N3O3/c1-5-19(28-18-13-9-10-15(2)14-18)21(26)23-20-16(3)24(4)25(22(20)27)17-11-7-6-8-12-17/h6-14,19H,5H2,1-4H3,(H,23,26)/t19-/m1/s1. The molecule has 0 unspecified atom stereocenters. The Morgan fingerprint density at radius 3 is 2.46 bits per heavy atom. The third kappa shape index (κ3) is 3.86. The van der Waals surface area contributed by atoms with Crippen molar-refractivity contribution in [2.45, 2.75) is 33.3 Å². The van der Waals surface area contributed by atoms with Gasteiger partial charge in [0.2, 0.25) is 0 Å². The first-order valence-electron chi connectivity index (χ1n) is 9.30. The van der Waals surface area contributed by atoms with Gasteiger partial charge in [0.25, 0.3) is 11.5 Å². The largest absolute Gasteiger partial charge is 0.481 e. The first-order chi connectivity index (χ1) is 13.4. The molecule has 0 aliphatic rings. The summed E-state index contributed by atoms with van der Waals surface area (Å²) in [5.41, 5.74) is 2.46. The van der Waals surface area contributed by atoms with E-state index in [0.717, 1.165) is 11.3 Å². The van der Waals surface area contributed by atoms with E-state index in [4.69, 9.17) is 4.74 Å². The van der Waals surface area contributed by atoms with Crippen LogP contribution in [0.4, 0.5) is 5.69 Å². The Kier molecular flexibility index (Phi) is 5.68. The van der Waals surface area contributed by atoms with Gasteiger partial charge in [-0.2, -0.15) is 0 Å². The summed E-state index contributed by atoms with van der Waals surface area (Å²) in [4.78, 5) is 25.7. The van der Waals surface area contributed by atoms with Crippen molar-refractivity contribution in [1.82, 2.24) is 9.36 Å². The van der Waals surface area contributed by atoms with Gasteiger partial charge in [0.15, 0.2) is 6.10 Å². The minimum atomic E-state index is -0.689. The van der Waals surface area contributed by atoms with E-state index in [-0.39, 0.29) is 17.2 Å². The summed E-state index contributed by atoms with van der Waals surface area (Å²) < 4.78 is 9.12. The molecule has 0 spiro atoms. The Morgan fingerprint density at radius 1 is 1.11 bits per heavy atom. The Morgan fingerprint density at radius 2 is 1.82 bits per heavy atom. The average molecular weight is 379 g/mol. The fourth-order valence-electron chi connectivity index (χ4n) is 3.09. The van der Waals surface area contributed by atoms with Gasteiger partial charge in [0, 0.05) is 7.05 Å². The molecule has 6 nitrogen and oxygen atoms in total. The topological polar surface area (TPSA) is 65.3 Å². The van der Waals surface area contributed by atoms with Gasteiger partial charge in [0.1, 0.15) is 11.4 Å². The molecule has 146 valence electrons. The molecule has 1 N–H and O–H groups in total. The number of aryl methyl sites for hydroxylation is 1. The van der Waals surface area contributed by atoms with E-state index in [1.807, 2.05) is 68.4 Å². The number of hydrogen-bond acceptors (Lipinski definition) is 3. The molecule has 1 aromatic heterocycles. The number of benzene rings is 2. The number of carbonyl (C=O) groups is 1. The first-order valence-corrected chi connectivity index (χ1v) is 9.30. The third-order valence-electron chi connectivity index (χ3n) is 4.73. The van der Waals surface area contributed by atoms with Crippen LogP contribution in [0.15, 0.2) is 59.4 Å². The summed E-state index contributed by atoms with van der Waals surface area (Å²) >= 11 is 0. The highest BCUT2D eigenvalue weighted by molar-refractivity contribution is 5.94. The molecule has 0 aliphatic carbocycles. The lowest BCUT2D eigenvalue weighted by atomic mass is 10.2. The quantitative estimate of drug-likeness (QED) is 0.712. The molecule has 0 saturated heterocycles. The van der Waals surface area contributed by atoms with Crippen molar-refractivity contribution in [1.29, 1.82) is 0 Å². The van der Waals surface area contributed by atoms with Crippen LogP contribution in [-0.2, 0) is 11.8 Å². The number of hydrogen-bond donors (Lipinski definition) is 1. The monoisotopic (exact) mass is 379 g/mol. The van der Waals surface area contributed by atoms with Gasteiger partial charge in [-0.05, 0) is 50.1 Å². The first kappa shape index (κ1) is 19.5. The van der Waals surface area contributed by atoms with E-state index in [2.05, 4.69) is 5.32 Å². The molecule has 28 heavy (non-hydrogen) atoms. The Bertz CT molecular complexity index is 1030. The maximum atomic E-state index is 12.9. The molecule has 0 aliphatic heterocycles. The van der Waals surface area contributed by atoms with E-state index in [1.54, 1.807) is 18.7 Å². The number of nitrogens with one attached hydrogen (secondary N) is 1. The van der Waals surface area contributed by atoms with Crippen LogP contribution in [0.1, 0.15) is 24.6 Å². The molecule has 0 radical (unpaired) electrons. The number of nitrogens with zero attached hydrogens (tertiary/aromatic N) is 2. The minimum absolute atomic E-state index is 0.266. The Balaban J connectivity index is 1.86. The third-order valence-corrected chi connectivity index (χ3v) is 4.73. The van der Waals surface area contributed by atoms with Gasteiger partial charge >= 0.3 is 0 Å². The van der Waals surface area contributed by atoms with Gasteiger partial charge in [0.05, 0.1) is 11.4 Å². The fraction of sp³-hybridized carbons (Fsp3) is 0.273. The van der Waals surface area contributed by atoms with Crippen LogP contribution in [0.25, 0.3) is 5.69 Å². The zero-order valence-electron chi connectivity index (χ0n) is 16.6. The van der Waals surface area contributed by atoms with E-state index in [1.165, 1.54) is 4.68 Å². The number of rotatable bonds is 6. The second kappa shape index (κ2) is 8.17. The smallest absolute Gasteiger partial charge is 0.295 e. The molecule has 6 heteroatoms. The lowest BCUT2D eigenvalue weighted by Crippen LogP contribution is -2.34. The lowest BCUT2D eigenvalue weighted by molar-refractivity contribution is -0.122. The average Bonchev–Trinajstić information content (AvgIpc) is 2.90. The molecule has 0 bridgehead atoms. The minimum Gasteiger partial charge on any atom is -0.481 e. The Hall–Kier alpha value is -3.28.